The number of aliphatic carboxylic acids is 1. The van der Waals surface area contributed by atoms with Crippen LogP contribution in [0.5, 0.6) is 5.75 Å². The zero-order valence-electron chi connectivity index (χ0n) is 9.85. The van der Waals surface area contributed by atoms with E-state index in [0.717, 1.165) is 0 Å². The molecule has 0 saturated heterocycles. The summed E-state index contributed by atoms with van der Waals surface area (Å²) in [6.07, 6.45) is -1.02. The molecule has 0 fully saturated rings. The lowest BCUT2D eigenvalue weighted by Gasteiger charge is -2.17. The number of rotatable bonds is 7. The number of hydrogen-bond donors (Lipinski definition) is 2. The van der Waals surface area contributed by atoms with Crippen LogP contribution in [0.15, 0.2) is 18.2 Å². The maximum Gasteiger partial charge on any atom is 0.387 e. The highest BCUT2D eigenvalue weighted by molar-refractivity contribution is 6.17. The number of halogens is 3. The lowest BCUT2D eigenvalue weighted by Crippen LogP contribution is -2.16. The van der Waals surface area contributed by atoms with Crippen LogP contribution in [-0.4, -0.2) is 28.7 Å². The third-order valence-electron chi connectivity index (χ3n) is 2.46. The van der Waals surface area contributed by atoms with Crippen molar-refractivity contribution in [2.24, 2.45) is 0 Å². The third-order valence-corrected chi connectivity index (χ3v) is 2.73. The first-order valence-electron chi connectivity index (χ1n) is 5.50. The summed E-state index contributed by atoms with van der Waals surface area (Å²) in [5.41, 5.74) is 0.272. The van der Waals surface area contributed by atoms with Crippen LogP contribution in [0.2, 0.25) is 0 Å². The molecule has 0 spiro atoms. The largest absolute Gasteiger partial charge is 0.479 e. The molecule has 0 amide bonds. The van der Waals surface area contributed by atoms with Gasteiger partial charge >= 0.3 is 12.6 Å². The second kappa shape index (κ2) is 7.25. The van der Waals surface area contributed by atoms with Crippen molar-refractivity contribution >= 4 is 17.6 Å². The van der Waals surface area contributed by atoms with E-state index in [2.05, 4.69) is 4.74 Å². The van der Waals surface area contributed by atoms with Gasteiger partial charge in [0.15, 0.2) is 6.10 Å². The molecule has 1 unspecified atom stereocenters. The summed E-state index contributed by atoms with van der Waals surface area (Å²) in [6, 6.07) is 4.20. The van der Waals surface area contributed by atoms with Crippen molar-refractivity contribution in [3.8, 4) is 5.75 Å². The number of alkyl halides is 3. The lowest BCUT2D eigenvalue weighted by atomic mass is 9.98. The molecule has 4 nitrogen and oxygen atoms in total. The Balaban J connectivity index is 3.18. The van der Waals surface area contributed by atoms with Crippen molar-refractivity contribution in [1.29, 1.82) is 0 Å². The van der Waals surface area contributed by atoms with Crippen molar-refractivity contribution in [3.05, 3.63) is 29.3 Å². The smallest absolute Gasteiger partial charge is 0.387 e. The molecule has 1 rings (SSSR count). The van der Waals surface area contributed by atoms with Crippen molar-refractivity contribution in [1.82, 2.24) is 0 Å². The molecular formula is C12H13ClF2O4. The van der Waals surface area contributed by atoms with Crippen molar-refractivity contribution in [2.45, 2.75) is 25.6 Å². The Morgan fingerprint density at radius 3 is 2.63 bits per heavy atom. The molecular weight excluding hydrogens is 282 g/mol. The van der Waals surface area contributed by atoms with E-state index in [0.29, 0.717) is 24.3 Å². The Morgan fingerprint density at radius 2 is 2.11 bits per heavy atom. The molecule has 106 valence electrons. The highest BCUT2D eigenvalue weighted by atomic mass is 35.5. The van der Waals surface area contributed by atoms with E-state index in [1.807, 2.05) is 0 Å². The predicted molar refractivity (Wildman–Crippen MR) is 64.7 cm³/mol. The maximum absolute atomic E-state index is 12.3. The van der Waals surface area contributed by atoms with E-state index in [9.17, 15) is 18.7 Å². The standard InChI is InChI=1S/C12H13ClF2O4/c13-6-2-4-7-3-1-5-8(19-12(14)15)9(7)10(16)11(17)18/h1,3,5,10,12,16H,2,4,6H2,(H,17,18). The summed E-state index contributed by atoms with van der Waals surface area (Å²) in [5.74, 6) is -1.53. The summed E-state index contributed by atoms with van der Waals surface area (Å²) >= 11 is 5.54. The van der Waals surface area contributed by atoms with Gasteiger partial charge in [-0.2, -0.15) is 8.78 Å². The third kappa shape index (κ3) is 4.33. The Hall–Kier alpha value is -1.40. The van der Waals surface area contributed by atoms with E-state index in [1.165, 1.54) is 12.1 Å². The molecule has 0 aliphatic carbocycles. The van der Waals surface area contributed by atoms with E-state index < -0.39 is 18.7 Å². The number of carboxylic acid groups (broad SMARTS) is 1. The van der Waals surface area contributed by atoms with Crippen molar-refractivity contribution in [2.75, 3.05) is 5.88 Å². The molecule has 0 aliphatic heterocycles. The number of aliphatic hydroxyl groups excluding tert-OH is 1. The number of benzene rings is 1. The average Bonchev–Trinajstić information content (AvgIpc) is 2.34. The highest BCUT2D eigenvalue weighted by Crippen LogP contribution is 2.31. The monoisotopic (exact) mass is 294 g/mol. The number of aryl methyl sites for hydroxylation is 1. The SMILES string of the molecule is O=C(O)C(O)c1c(CCCCl)cccc1OC(F)F. The first-order valence-corrected chi connectivity index (χ1v) is 6.04. The van der Waals surface area contributed by atoms with Gasteiger partial charge in [-0.3, -0.25) is 0 Å². The first kappa shape index (κ1) is 15.7. The minimum atomic E-state index is -3.09. The minimum absolute atomic E-state index is 0.152. The molecule has 0 aliphatic rings. The molecule has 0 bridgehead atoms. The molecule has 1 aromatic carbocycles. The summed E-state index contributed by atoms with van der Waals surface area (Å²) in [7, 11) is 0. The topological polar surface area (TPSA) is 66.8 Å². The van der Waals surface area contributed by atoms with Gasteiger partial charge in [0, 0.05) is 11.4 Å². The molecule has 1 atom stereocenters. The summed E-state index contributed by atoms with van der Waals surface area (Å²) in [4.78, 5) is 10.8. The molecule has 7 heteroatoms. The molecule has 2 N–H and O–H groups in total. The van der Waals surface area contributed by atoms with Gasteiger partial charge < -0.3 is 14.9 Å². The van der Waals surface area contributed by atoms with Crippen LogP contribution in [0.25, 0.3) is 0 Å². The van der Waals surface area contributed by atoms with Crippen LogP contribution < -0.4 is 4.74 Å². The fourth-order valence-electron chi connectivity index (χ4n) is 1.70. The van der Waals surface area contributed by atoms with Gasteiger partial charge in [-0.25, -0.2) is 4.79 Å². The van der Waals surface area contributed by atoms with Crippen LogP contribution in [0.3, 0.4) is 0 Å². The van der Waals surface area contributed by atoms with Gasteiger partial charge in [-0.05, 0) is 24.5 Å². The fraction of sp³-hybridized carbons (Fsp3) is 0.417. The fourth-order valence-corrected chi connectivity index (χ4v) is 1.83. The zero-order valence-corrected chi connectivity index (χ0v) is 10.6. The molecule has 19 heavy (non-hydrogen) atoms. The Labute approximate surface area is 113 Å². The Kier molecular flexibility index (Phi) is 5.98. The minimum Gasteiger partial charge on any atom is -0.479 e. The number of ether oxygens (including phenoxy) is 1. The quantitative estimate of drug-likeness (QED) is 0.759. The van der Waals surface area contributed by atoms with Gasteiger partial charge in [0.05, 0.1) is 0 Å². The van der Waals surface area contributed by atoms with Gasteiger partial charge in [-0.15, -0.1) is 11.6 Å². The lowest BCUT2D eigenvalue weighted by molar-refractivity contribution is -0.147. The van der Waals surface area contributed by atoms with Gasteiger partial charge in [0.1, 0.15) is 5.75 Å². The van der Waals surface area contributed by atoms with Crippen LogP contribution in [-0.2, 0) is 11.2 Å². The van der Waals surface area contributed by atoms with Crippen LogP contribution >= 0.6 is 11.6 Å². The number of aliphatic hydroxyl groups is 1. The van der Waals surface area contributed by atoms with Gasteiger partial charge in [0.2, 0.25) is 0 Å². The predicted octanol–water partition coefficient (Wildman–Crippen LogP) is 2.58. The van der Waals surface area contributed by atoms with E-state index >= 15 is 0 Å². The molecule has 0 radical (unpaired) electrons. The highest BCUT2D eigenvalue weighted by Gasteiger charge is 2.25. The second-order valence-electron chi connectivity index (χ2n) is 3.74. The summed E-state index contributed by atoms with van der Waals surface area (Å²) in [5, 5.41) is 18.4. The first-order chi connectivity index (χ1) is 8.97. The summed E-state index contributed by atoms with van der Waals surface area (Å²) in [6.45, 7) is -3.09. The van der Waals surface area contributed by atoms with Crippen LogP contribution in [0, 0.1) is 0 Å². The van der Waals surface area contributed by atoms with E-state index in [1.54, 1.807) is 6.07 Å². The van der Waals surface area contributed by atoms with Crippen molar-refractivity contribution < 1.29 is 28.5 Å². The van der Waals surface area contributed by atoms with E-state index in [-0.39, 0.29) is 11.3 Å². The van der Waals surface area contributed by atoms with Gasteiger partial charge in [-0.1, -0.05) is 12.1 Å². The second-order valence-corrected chi connectivity index (χ2v) is 4.12. The Bertz CT molecular complexity index is 440. The Morgan fingerprint density at radius 1 is 1.42 bits per heavy atom. The van der Waals surface area contributed by atoms with Crippen LogP contribution in [0.4, 0.5) is 8.78 Å². The molecule has 1 aromatic rings. The average molecular weight is 295 g/mol. The zero-order chi connectivity index (χ0) is 14.4. The summed E-state index contributed by atoms with van der Waals surface area (Å²) < 4.78 is 28.8. The van der Waals surface area contributed by atoms with Gasteiger partial charge in [0.25, 0.3) is 0 Å². The number of carboxylic acids is 1. The number of carbonyl (C=O) groups is 1. The molecule has 0 saturated carbocycles. The maximum atomic E-state index is 12.3. The van der Waals surface area contributed by atoms with E-state index in [4.69, 9.17) is 16.7 Å². The van der Waals surface area contributed by atoms with Crippen LogP contribution in [0.1, 0.15) is 23.7 Å². The normalized spacial score (nSPS) is 12.5. The number of hydrogen-bond acceptors (Lipinski definition) is 3. The molecule has 0 aromatic heterocycles. The molecule has 0 heterocycles. The van der Waals surface area contributed by atoms with Crippen molar-refractivity contribution in [3.63, 3.8) is 0 Å².